The van der Waals surface area contributed by atoms with E-state index in [1.165, 1.54) is 12.2 Å². The van der Waals surface area contributed by atoms with Gasteiger partial charge in [-0.2, -0.15) is 0 Å². The summed E-state index contributed by atoms with van der Waals surface area (Å²) in [5, 5.41) is 27.7. The molecule has 2 aliphatic rings. The van der Waals surface area contributed by atoms with Gasteiger partial charge in [0.15, 0.2) is 0 Å². The summed E-state index contributed by atoms with van der Waals surface area (Å²) in [6.07, 6.45) is 0. The third-order valence-electron chi connectivity index (χ3n) is 4.16. The number of rotatable bonds is 5. The Kier molecular flexibility index (Phi) is 12.0. The number of carbonyl (C=O) groups excluding carboxylic acids is 1. The minimum Gasteiger partial charge on any atom is -0.481 e. The Morgan fingerprint density at radius 3 is 1.64 bits per heavy atom. The Balaban J connectivity index is 0. The summed E-state index contributed by atoms with van der Waals surface area (Å²) in [5.74, 6) is -1.09. The molecule has 0 atom stereocenters. The normalized spacial score (nSPS) is 17.5. The molecule has 0 spiro atoms. The van der Waals surface area contributed by atoms with Crippen molar-refractivity contribution in [3.05, 3.63) is 0 Å². The topological polar surface area (TPSA) is 114 Å². The standard InChI is InChI=1S/C7H15BN2O3.C5H10BNO3.2CH4/c1-8(12)10-4-6(5-10)7(11)9(2)13-3;1-6(10)7-2-4(3-7)5(8)9;;/h6,12H,4-5H2,1-3H3;4,10H,2-3H2,1H3,(H,8,9);2*1H4. The first-order valence-electron chi connectivity index (χ1n) is 7.56. The molecule has 0 aromatic heterocycles. The molecule has 0 aromatic rings. The van der Waals surface area contributed by atoms with Crippen LogP contribution in [0.4, 0.5) is 0 Å². The Morgan fingerprint density at radius 1 is 1.00 bits per heavy atom. The van der Waals surface area contributed by atoms with Gasteiger partial charge in [0.05, 0.1) is 18.9 Å². The van der Waals surface area contributed by atoms with Crippen molar-refractivity contribution in [2.24, 2.45) is 11.8 Å². The Morgan fingerprint density at radius 2 is 1.36 bits per heavy atom. The molecule has 2 fully saturated rings. The second kappa shape index (κ2) is 11.5. The van der Waals surface area contributed by atoms with E-state index in [-0.39, 0.29) is 32.6 Å². The van der Waals surface area contributed by atoms with Gasteiger partial charge in [0.1, 0.15) is 0 Å². The van der Waals surface area contributed by atoms with Gasteiger partial charge < -0.3 is 24.8 Å². The zero-order chi connectivity index (χ0) is 17.7. The fourth-order valence-electron chi connectivity index (χ4n) is 2.30. The summed E-state index contributed by atoms with van der Waals surface area (Å²) < 4.78 is 0. The van der Waals surface area contributed by atoms with Gasteiger partial charge in [-0.3, -0.25) is 14.4 Å². The Hall–Kier alpha value is -1.13. The zero-order valence-corrected chi connectivity index (χ0v) is 14.0. The Labute approximate surface area is 151 Å². The third-order valence-corrected chi connectivity index (χ3v) is 4.16. The highest BCUT2D eigenvalue weighted by atomic mass is 16.7. The molecule has 2 rings (SSSR count). The minimum absolute atomic E-state index is 0. The summed E-state index contributed by atoms with van der Waals surface area (Å²) in [5.41, 5.74) is 0. The van der Waals surface area contributed by atoms with Crippen molar-refractivity contribution in [3.8, 4) is 0 Å². The van der Waals surface area contributed by atoms with E-state index in [0.717, 1.165) is 0 Å². The summed E-state index contributed by atoms with van der Waals surface area (Å²) in [6.45, 7) is 5.52. The molecular formula is C14H33B2N3O6. The SMILES string of the molecule is C.C.CB(O)N1CC(C(=O)O)C1.CON(C)C(=O)C1CN(B(C)O)C1. The maximum Gasteiger partial charge on any atom is 0.376 e. The number of aliphatic carboxylic acids is 1. The van der Waals surface area contributed by atoms with Gasteiger partial charge >= 0.3 is 20.1 Å². The second-order valence-electron chi connectivity index (χ2n) is 5.92. The van der Waals surface area contributed by atoms with Crippen LogP contribution in [0.25, 0.3) is 0 Å². The lowest BCUT2D eigenvalue weighted by Gasteiger charge is -2.40. The molecule has 0 radical (unpaired) electrons. The van der Waals surface area contributed by atoms with Crippen molar-refractivity contribution in [3.63, 3.8) is 0 Å². The molecule has 25 heavy (non-hydrogen) atoms. The van der Waals surface area contributed by atoms with Crippen LogP contribution in [-0.2, 0) is 14.4 Å². The van der Waals surface area contributed by atoms with Gasteiger partial charge in [0, 0.05) is 33.2 Å². The highest BCUT2D eigenvalue weighted by Gasteiger charge is 2.37. The zero-order valence-electron chi connectivity index (χ0n) is 14.0. The van der Waals surface area contributed by atoms with Crippen molar-refractivity contribution in [1.29, 1.82) is 0 Å². The van der Waals surface area contributed by atoms with E-state index in [1.807, 2.05) is 4.81 Å². The summed E-state index contributed by atoms with van der Waals surface area (Å²) in [6, 6.07) is 0. The van der Waals surface area contributed by atoms with E-state index in [9.17, 15) is 9.59 Å². The first kappa shape index (κ1) is 26.1. The largest absolute Gasteiger partial charge is 0.481 e. The smallest absolute Gasteiger partial charge is 0.376 e. The van der Waals surface area contributed by atoms with Crippen LogP contribution in [0.3, 0.4) is 0 Å². The van der Waals surface area contributed by atoms with Gasteiger partial charge in [-0.25, -0.2) is 5.06 Å². The molecule has 0 aromatic carbocycles. The van der Waals surface area contributed by atoms with Crippen LogP contribution in [0.1, 0.15) is 14.9 Å². The predicted octanol–water partition coefficient (Wildman–Crippen LogP) is -0.566. The average molecular weight is 361 g/mol. The molecule has 0 unspecified atom stereocenters. The van der Waals surface area contributed by atoms with Crippen molar-refractivity contribution in [1.82, 2.24) is 14.7 Å². The van der Waals surface area contributed by atoms with Gasteiger partial charge in [0.25, 0.3) is 5.91 Å². The number of carboxylic acid groups (broad SMARTS) is 1. The van der Waals surface area contributed by atoms with E-state index >= 15 is 0 Å². The fourth-order valence-corrected chi connectivity index (χ4v) is 2.30. The number of nitrogens with zero attached hydrogens (tertiary/aromatic N) is 3. The number of amides is 1. The summed E-state index contributed by atoms with van der Waals surface area (Å²) in [7, 11) is 2.09. The fraction of sp³-hybridized carbons (Fsp3) is 0.857. The van der Waals surface area contributed by atoms with Crippen molar-refractivity contribution in [2.45, 2.75) is 28.5 Å². The van der Waals surface area contributed by atoms with Gasteiger partial charge in [0.2, 0.25) is 0 Å². The van der Waals surface area contributed by atoms with Gasteiger partial charge in [-0.15, -0.1) is 0 Å². The van der Waals surface area contributed by atoms with Crippen molar-refractivity contribution >= 4 is 26.0 Å². The first-order valence-corrected chi connectivity index (χ1v) is 7.56. The molecule has 3 N–H and O–H groups in total. The first-order chi connectivity index (χ1) is 10.7. The van der Waals surface area contributed by atoms with Crippen LogP contribution >= 0.6 is 0 Å². The van der Waals surface area contributed by atoms with E-state index in [2.05, 4.69) is 0 Å². The molecule has 1 amide bonds. The van der Waals surface area contributed by atoms with Gasteiger partial charge in [-0.1, -0.05) is 14.9 Å². The number of hydrogen-bond acceptors (Lipinski definition) is 7. The second-order valence-corrected chi connectivity index (χ2v) is 5.92. The molecule has 2 heterocycles. The molecule has 0 saturated carbocycles. The average Bonchev–Trinajstić information content (AvgIpc) is 2.33. The quantitative estimate of drug-likeness (QED) is 0.441. The van der Waals surface area contributed by atoms with Crippen molar-refractivity contribution in [2.75, 3.05) is 40.3 Å². The summed E-state index contributed by atoms with van der Waals surface area (Å²) in [4.78, 5) is 30.0. The molecule has 11 heteroatoms. The van der Waals surface area contributed by atoms with E-state index in [1.54, 1.807) is 25.5 Å². The van der Waals surface area contributed by atoms with Gasteiger partial charge in [-0.05, 0) is 13.6 Å². The minimum atomic E-state index is -0.767. The highest BCUT2D eigenvalue weighted by molar-refractivity contribution is 6.45. The lowest BCUT2D eigenvalue weighted by molar-refractivity contribution is -0.177. The molecule has 146 valence electrons. The van der Waals surface area contributed by atoms with Crippen LogP contribution in [0.2, 0.25) is 13.6 Å². The molecule has 0 aliphatic carbocycles. The van der Waals surface area contributed by atoms with Crippen molar-refractivity contribution < 1.29 is 29.6 Å². The molecular weight excluding hydrogens is 328 g/mol. The number of hydroxylamine groups is 2. The lowest BCUT2D eigenvalue weighted by atomic mass is 9.78. The van der Waals surface area contributed by atoms with Crippen LogP contribution in [0.15, 0.2) is 0 Å². The molecule has 0 bridgehead atoms. The van der Waals surface area contributed by atoms with E-state index in [0.29, 0.717) is 26.2 Å². The lowest BCUT2D eigenvalue weighted by Crippen LogP contribution is -2.58. The van der Waals surface area contributed by atoms with E-state index in [4.69, 9.17) is 20.0 Å². The maximum absolute atomic E-state index is 11.4. The van der Waals surface area contributed by atoms with E-state index < -0.39 is 20.1 Å². The van der Waals surface area contributed by atoms with Crippen LogP contribution in [-0.4, -0.2) is 96.2 Å². The number of carboxylic acids is 1. The molecule has 2 saturated heterocycles. The maximum atomic E-state index is 11.4. The van der Waals surface area contributed by atoms with Crippen LogP contribution in [0.5, 0.6) is 0 Å². The Bertz CT molecular complexity index is 415. The molecule has 2 aliphatic heterocycles. The third kappa shape index (κ3) is 7.33. The predicted molar refractivity (Wildman–Crippen MR) is 98.7 cm³/mol. The summed E-state index contributed by atoms with van der Waals surface area (Å²) >= 11 is 0. The number of carbonyl (C=O) groups is 2. The number of hydrogen-bond donors (Lipinski definition) is 3. The monoisotopic (exact) mass is 361 g/mol. The van der Waals surface area contributed by atoms with Crippen LogP contribution in [0, 0.1) is 11.8 Å². The van der Waals surface area contributed by atoms with Crippen LogP contribution < -0.4 is 0 Å². The highest BCUT2D eigenvalue weighted by Crippen LogP contribution is 2.18. The molecule has 9 nitrogen and oxygen atoms in total.